The molecule has 0 radical (unpaired) electrons. The van der Waals surface area contributed by atoms with Crippen LogP contribution in [0.5, 0.6) is 5.75 Å². The quantitative estimate of drug-likeness (QED) is 0.798. The number of aliphatic hydroxyl groups is 1. The Morgan fingerprint density at radius 3 is 2.50 bits per heavy atom. The fourth-order valence-electron chi connectivity index (χ4n) is 1.52. The van der Waals surface area contributed by atoms with Crippen LogP contribution in [0, 0.1) is 5.92 Å². The summed E-state index contributed by atoms with van der Waals surface area (Å²) in [6.07, 6.45) is 0.339. The van der Waals surface area contributed by atoms with Crippen LogP contribution < -0.4 is 4.74 Å². The minimum Gasteiger partial charge on any atom is -0.496 e. The van der Waals surface area contributed by atoms with Crippen LogP contribution in [-0.4, -0.2) is 12.2 Å². The van der Waals surface area contributed by atoms with Gasteiger partial charge in [0, 0.05) is 5.56 Å². The molecule has 78 valence electrons. The number of methoxy groups -OCH3 is 1. The largest absolute Gasteiger partial charge is 0.496 e. The van der Waals surface area contributed by atoms with Crippen molar-refractivity contribution in [1.82, 2.24) is 0 Å². The van der Waals surface area contributed by atoms with Gasteiger partial charge in [-0.15, -0.1) is 0 Å². The van der Waals surface area contributed by atoms with E-state index >= 15 is 0 Å². The summed E-state index contributed by atoms with van der Waals surface area (Å²) in [5.74, 6) is 1.25. The Morgan fingerprint density at radius 2 is 1.93 bits per heavy atom. The van der Waals surface area contributed by atoms with Crippen molar-refractivity contribution in [1.29, 1.82) is 0 Å². The van der Waals surface area contributed by atoms with Gasteiger partial charge in [-0.2, -0.15) is 0 Å². The van der Waals surface area contributed by atoms with Gasteiger partial charge in [-0.25, -0.2) is 0 Å². The van der Waals surface area contributed by atoms with Crippen LogP contribution in [0.2, 0.25) is 0 Å². The first-order chi connectivity index (χ1) is 6.65. The van der Waals surface area contributed by atoms with Crippen molar-refractivity contribution in [2.45, 2.75) is 26.4 Å². The molecule has 0 spiro atoms. The van der Waals surface area contributed by atoms with Gasteiger partial charge in [-0.3, -0.25) is 0 Å². The van der Waals surface area contributed by atoms with E-state index in [9.17, 15) is 5.11 Å². The third-order valence-corrected chi connectivity index (χ3v) is 2.19. The van der Waals surface area contributed by atoms with Gasteiger partial charge in [0.2, 0.25) is 0 Å². The SMILES string of the molecule is COc1ccccc1C(O)CC(C)C. The van der Waals surface area contributed by atoms with Gasteiger partial charge in [-0.1, -0.05) is 32.0 Å². The lowest BCUT2D eigenvalue weighted by molar-refractivity contribution is 0.147. The van der Waals surface area contributed by atoms with E-state index in [4.69, 9.17) is 4.74 Å². The molecule has 0 aromatic heterocycles. The monoisotopic (exact) mass is 194 g/mol. The average Bonchev–Trinajstić information content (AvgIpc) is 2.16. The lowest BCUT2D eigenvalue weighted by Gasteiger charge is -2.16. The molecular formula is C12H18O2. The summed E-state index contributed by atoms with van der Waals surface area (Å²) in [6.45, 7) is 4.19. The molecule has 0 saturated heterocycles. The van der Waals surface area contributed by atoms with Gasteiger partial charge >= 0.3 is 0 Å². The van der Waals surface area contributed by atoms with Gasteiger partial charge in [0.25, 0.3) is 0 Å². The zero-order chi connectivity index (χ0) is 10.6. The molecule has 0 bridgehead atoms. The summed E-state index contributed by atoms with van der Waals surface area (Å²) >= 11 is 0. The lowest BCUT2D eigenvalue weighted by Crippen LogP contribution is -2.03. The summed E-state index contributed by atoms with van der Waals surface area (Å²) in [7, 11) is 1.63. The van der Waals surface area contributed by atoms with E-state index in [1.165, 1.54) is 0 Å². The molecule has 0 heterocycles. The highest BCUT2D eigenvalue weighted by atomic mass is 16.5. The van der Waals surface area contributed by atoms with Crippen molar-refractivity contribution >= 4 is 0 Å². The Bertz CT molecular complexity index is 281. The Labute approximate surface area is 85.5 Å². The Balaban J connectivity index is 2.82. The maximum absolute atomic E-state index is 9.92. The van der Waals surface area contributed by atoms with E-state index in [0.717, 1.165) is 17.7 Å². The van der Waals surface area contributed by atoms with E-state index < -0.39 is 6.10 Å². The smallest absolute Gasteiger partial charge is 0.124 e. The van der Waals surface area contributed by atoms with E-state index in [0.29, 0.717) is 5.92 Å². The van der Waals surface area contributed by atoms with Crippen molar-refractivity contribution < 1.29 is 9.84 Å². The molecule has 1 atom stereocenters. The molecule has 0 fully saturated rings. The lowest BCUT2D eigenvalue weighted by atomic mass is 9.99. The minimum atomic E-state index is -0.425. The van der Waals surface area contributed by atoms with Crippen LogP contribution in [0.25, 0.3) is 0 Å². The summed E-state index contributed by atoms with van der Waals surface area (Å²) in [5.41, 5.74) is 0.878. The number of hydrogen-bond donors (Lipinski definition) is 1. The highest BCUT2D eigenvalue weighted by Gasteiger charge is 2.13. The summed E-state index contributed by atoms with van der Waals surface area (Å²) < 4.78 is 5.19. The molecule has 1 unspecified atom stereocenters. The maximum atomic E-state index is 9.92. The van der Waals surface area contributed by atoms with Gasteiger partial charge in [0.15, 0.2) is 0 Å². The van der Waals surface area contributed by atoms with Gasteiger partial charge < -0.3 is 9.84 Å². The molecule has 2 nitrogen and oxygen atoms in total. The molecule has 0 amide bonds. The van der Waals surface area contributed by atoms with E-state index in [1.54, 1.807) is 7.11 Å². The molecule has 0 aliphatic rings. The molecule has 0 aliphatic carbocycles. The molecule has 0 aliphatic heterocycles. The van der Waals surface area contributed by atoms with E-state index in [1.807, 2.05) is 24.3 Å². The second-order valence-electron chi connectivity index (χ2n) is 3.89. The maximum Gasteiger partial charge on any atom is 0.124 e. The van der Waals surface area contributed by atoms with Crippen LogP contribution in [0.3, 0.4) is 0 Å². The zero-order valence-corrected chi connectivity index (χ0v) is 9.03. The zero-order valence-electron chi connectivity index (χ0n) is 9.03. The first kappa shape index (κ1) is 11.1. The number of hydrogen-bond acceptors (Lipinski definition) is 2. The highest BCUT2D eigenvalue weighted by molar-refractivity contribution is 5.34. The third kappa shape index (κ3) is 2.74. The molecular weight excluding hydrogens is 176 g/mol. The summed E-state index contributed by atoms with van der Waals surface area (Å²) in [4.78, 5) is 0. The minimum absolute atomic E-state index is 0.425. The number of para-hydroxylation sites is 1. The van der Waals surface area contributed by atoms with E-state index in [-0.39, 0.29) is 0 Å². The predicted molar refractivity (Wildman–Crippen MR) is 57.4 cm³/mol. The fraction of sp³-hybridized carbons (Fsp3) is 0.500. The van der Waals surface area contributed by atoms with Crippen LogP contribution in [0.1, 0.15) is 31.9 Å². The number of ether oxygens (including phenoxy) is 1. The number of rotatable bonds is 4. The van der Waals surface area contributed by atoms with Crippen molar-refractivity contribution in [2.75, 3.05) is 7.11 Å². The Hall–Kier alpha value is -1.02. The molecule has 0 saturated carbocycles. The number of benzene rings is 1. The molecule has 2 heteroatoms. The topological polar surface area (TPSA) is 29.5 Å². The summed E-state index contributed by atoms with van der Waals surface area (Å²) in [6, 6.07) is 7.61. The van der Waals surface area contributed by atoms with Crippen molar-refractivity contribution in [3.63, 3.8) is 0 Å². The second kappa shape index (κ2) is 5.01. The van der Waals surface area contributed by atoms with Crippen LogP contribution in [0.15, 0.2) is 24.3 Å². The molecule has 1 rings (SSSR count). The Morgan fingerprint density at radius 1 is 1.29 bits per heavy atom. The third-order valence-electron chi connectivity index (χ3n) is 2.19. The molecule has 14 heavy (non-hydrogen) atoms. The average molecular weight is 194 g/mol. The van der Waals surface area contributed by atoms with Crippen molar-refractivity contribution in [3.8, 4) is 5.75 Å². The molecule has 1 aromatic rings. The highest BCUT2D eigenvalue weighted by Crippen LogP contribution is 2.28. The van der Waals surface area contributed by atoms with Crippen LogP contribution >= 0.6 is 0 Å². The van der Waals surface area contributed by atoms with Crippen molar-refractivity contribution in [3.05, 3.63) is 29.8 Å². The standard InChI is InChI=1S/C12H18O2/c1-9(2)8-11(13)10-6-4-5-7-12(10)14-3/h4-7,9,11,13H,8H2,1-3H3. The van der Waals surface area contributed by atoms with Crippen LogP contribution in [-0.2, 0) is 0 Å². The molecule has 1 N–H and O–H groups in total. The second-order valence-corrected chi connectivity index (χ2v) is 3.89. The first-order valence-corrected chi connectivity index (χ1v) is 4.96. The van der Waals surface area contributed by atoms with Gasteiger partial charge in [0.05, 0.1) is 13.2 Å². The van der Waals surface area contributed by atoms with E-state index in [2.05, 4.69) is 13.8 Å². The number of aliphatic hydroxyl groups excluding tert-OH is 1. The fourth-order valence-corrected chi connectivity index (χ4v) is 1.52. The van der Waals surface area contributed by atoms with Gasteiger partial charge in [0.1, 0.15) is 5.75 Å². The van der Waals surface area contributed by atoms with Crippen molar-refractivity contribution in [2.24, 2.45) is 5.92 Å². The van der Waals surface area contributed by atoms with Crippen LogP contribution in [0.4, 0.5) is 0 Å². The normalized spacial score (nSPS) is 12.9. The predicted octanol–water partition coefficient (Wildman–Crippen LogP) is 2.77. The Kier molecular flexibility index (Phi) is 3.96. The summed E-state index contributed by atoms with van der Waals surface area (Å²) in [5, 5.41) is 9.92. The molecule has 1 aromatic carbocycles. The van der Waals surface area contributed by atoms with Gasteiger partial charge in [-0.05, 0) is 18.4 Å². The first-order valence-electron chi connectivity index (χ1n) is 4.96.